The molecule has 0 bridgehead atoms. The number of hydrogen-bond acceptors (Lipinski definition) is 4. The molecule has 0 saturated carbocycles. The van der Waals surface area contributed by atoms with Crippen molar-refractivity contribution in [1.29, 1.82) is 0 Å². The maximum Gasteiger partial charge on any atom is 0.191 e. The molecule has 0 spiro atoms. The fraction of sp³-hybridized carbons (Fsp3) is 0.500. The summed E-state index contributed by atoms with van der Waals surface area (Å²) in [4.78, 5) is 13.7. The largest absolute Gasteiger partial charge is 0.372 e. The Morgan fingerprint density at radius 1 is 1.16 bits per heavy atom. The van der Waals surface area contributed by atoms with E-state index in [1.807, 2.05) is 13.2 Å². The molecule has 1 atom stereocenters. The molecule has 0 aliphatic carbocycles. The number of nitrogens with zero attached hydrogens (tertiary/aromatic N) is 4. The predicted octanol–water partition coefficient (Wildman–Crippen LogP) is 4.57. The molecule has 6 nitrogen and oxygen atoms in total. The molecule has 2 heterocycles. The first-order chi connectivity index (χ1) is 14.6. The highest BCUT2D eigenvalue weighted by Gasteiger charge is 2.14. The van der Waals surface area contributed by atoms with Crippen molar-refractivity contribution in [3.8, 4) is 0 Å². The average Bonchev–Trinajstić information content (AvgIpc) is 3.33. The van der Waals surface area contributed by atoms with E-state index in [0.29, 0.717) is 6.54 Å². The molecule has 0 radical (unpaired) electrons. The Hall–Kier alpha value is -2.03. The maximum absolute atomic E-state index is 4.60. The lowest BCUT2D eigenvalue weighted by molar-refractivity contribution is 0.684. The smallest absolute Gasteiger partial charge is 0.191 e. The summed E-state index contributed by atoms with van der Waals surface area (Å²) in [6, 6.07) is 13.2. The lowest BCUT2D eigenvalue weighted by Gasteiger charge is -2.22. The number of pyridine rings is 1. The van der Waals surface area contributed by atoms with Crippen LogP contribution in [-0.2, 0) is 6.54 Å². The third-order valence-corrected chi connectivity index (χ3v) is 5.77. The zero-order chi connectivity index (χ0) is 21.3. The highest BCUT2D eigenvalue weighted by molar-refractivity contribution is 14.0. The number of anilines is 2. The lowest BCUT2D eigenvalue weighted by atomic mass is 10.1. The van der Waals surface area contributed by atoms with Crippen LogP contribution in [0.25, 0.3) is 0 Å². The summed E-state index contributed by atoms with van der Waals surface area (Å²) in [7, 11) is 1.81. The van der Waals surface area contributed by atoms with E-state index in [1.54, 1.807) is 0 Å². The van der Waals surface area contributed by atoms with Crippen LogP contribution in [0.15, 0.2) is 47.6 Å². The van der Waals surface area contributed by atoms with Crippen LogP contribution in [0, 0.1) is 0 Å². The second kappa shape index (κ2) is 12.7. The van der Waals surface area contributed by atoms with E-state index in [0.717, 1.165) is 43.5 Å². The zero-order valence-corrected chi connectivity index (χ0v) is 21.6. The highest BCUT2D eigenvalue weighted by Crippen LogP contribution is 2.24. The van der Waals surface area contributed by atoms with Crippen LogP contribution in [0.4, 0.5) is 11.5 Å². The molecule has 1 unspecified atom stereocenters. The lowest BCUT2D eigenvalue weighted by Crippen LogP contribution is -2.38. The molecule has 31 heavy (non-hydrogen) atoms. The van der Waals surface area contributed by atoms with E-state index < -0.39 is 0 Å². The van der Waals surface area contributed by atoms with Crippen LogP contribution in [0.2, 0.25) is 0 Å². The van der Waals surface area contributed by atoms with E-state index in [1.165, 1.54) is 24.1 Å². The van der Waals surface area contributed by atoms with Gasteiger partial charge < -0.3 is 20.4 Å². The Bertz CT molecular complexity index is 813. The molecule has 3 rings (SSSR count). The molecule has 2 N–H and O–H groups in total. The maximum atomic E-state index is 4.60. The number of guanidine groups is 1. The molecule has 1 fully saturated rings. The summed E-state index contributed by atoms with van der Waals surface area (Å²) in [6.07, 6.45) is 4.52. The summed E-state index contributed by atoms with van der Waals surface area (Å²) < 4.78 is 0. The van der Waals surface area contributed by atoms with Crippen LogP contribution in [0.1, 0.15) is 50.8 Å². The Kier molecular flexibility index (Phi) is 10.4. The van der Waals surface area contributed by atoms with E-state index >= 15 is 0 Å². The van der Waals surface area contributed by atoms with Crippen molar-refractivity contribution in [3.63, 3.8) is 0 Å². The minimum atomic E-state index is 0. The van der Waals surface area contributed by atoms with E-state index in [2.05, 4.69) is 87.6 Å². The van der Waals surface area contributed by atoms with Gasteiger partial charge in [0.1, 0.15) is 5.82 Å². The number of aromatic nitrogens is 1. The topological polar surface area (TPSA) is 55.8 Å². The van der Waals surface area contributed by atoms with Crippen LogP contribution >= 0.6 is 24.0 Å². The standard InChI is InChI=1S/C24H36N6.HI/c1-5-29(6-2)23-13-12-20(17-26-23)18-27-24(25-4)28-19(3)21-10-9-11-22(16-21)30-14-7-8-15-30;/h9-13,16-17,19H,5-8,14-15,18H2,1-4H3,(H2,25,27,28);1H. The van der Waals surface area contributed by atoms with E-state index in [4.69, 9.17) is 0 Å². The minimum Gasteiger partial charge on any atom is -0.372 e. The summed E-state index contributed by atoms with van der Waals surface area (Å²) in [6.45, 7) is 11.4. The van der Waals surface area contributed by atoms with E-state index in [-0.39, 0.29) is 30.0 Å². The van der Waals surface area contributed by atoms with Gasteiger partial charge in [-0.2, -0.15) is 0 Å². The molecular formula is C24H37IN6. The molecule has 0 amide bonds. The summed E-state index contributed by atoms with van der Waals surface area (Å²) in [5.41, 5.74) is 3.73. The Balaban J connectivity index is 0.00000341. The van der Waals surface area contributed by atoms with Crippen molar-refractivity contribution in [3.05, 3.63) is 53.7 Å². The Morgan fingerprint density at radius 2 is 1.90 bits per heavy atom. The van der Waals surface area contributed by atoms with Crippen molar-refractivity contribution in [2.45, 2.75) is 46.2 Å². The number of nitrogens with one attached hydrogen (secondary N) is 2. The first-order valence-electron chi connectivity index (χ1n) is 11.2. The van der Waals surface area contributed by atoms with Crippen LogP contribution in [0.5, 0.6) is 0 Å². The summed E-state index contributed by atoms with van der Waals surface area (Å²) in [5.74, 6) is 1.82. The van der Waals surface area contributed by atoms with Gasteiger partial charge in [0.25, 0.3) is 0 Å². The van der Waals surface area contributed by atoms with Gasteiger partial charge in [-0.25, -0.2) is 4.98 Å². The molecule has 170 valence electrons. The number of hydrogen-bond donors (Lipinski definition) is 2. The number of rotatable bonds is 8. The SMILES string of the molecule is CCN(CC)c1ccc(CNC(=NC)NC(C)c2cccc(N3CCCC3)c2)cn1.I. The summed E-state index contributed by atoms with van der Waals surface area (Å²) >= 11 is 0. The Labute approximate surface area is 204 Å². The zero-order valence-electron chi connectivity index (χ0n) is 19.3. The molecule has 1 aromatic carbocycles. The Morgan fingerprint density at radius 3 is 2.52 bits per heavy atom. The van der Waals surface area contributed by atoms with Crippen LogP contribution < -0.4 is 20.4 Å². The van der Waals surface area contributed by atoms with Crippen molar-refractivity contribution >= 4 is 41.4 Å². The third kappa shape index (κ3) is 6.98. The molecule has 1 aromatic heterocycles. The van der Waals surface area contributed by atoms with Crippen LogP contribution in [-0.4, -0.2) is 44.2 Å². The van der Waals surface area contributed by atoms with Crippen LogP contribution in [0.3, 0.4) is 0 Å². The van der Waals surface area contributed by atoms with Crippen molar-refractivity contribution < 1.29 is 0 Å². The third-order valence-electron chi connectivity index (χ3n) is 5.77. The molecular weight excluding hydrogens is 499 g/mol. The van der Waals surface area contributed by atoms with Crippen molar-refractivity contribution in [2.75, 3.05) is 43.0 Å². The average molecular weight is 537 g/mol. The quantitative estimate of drug-likeness (QED) is 0.294. The number of halogens is 1. The van der Waals surface area contributed by atoms with Gasteiger partial charge in [0.05, 0.1) is 6.04 Å². The van der Waals surface area contributed by atoms with Gasteiger partial charge in [-0.1, -0.05) is 18.2 Å². The normalized spacial score (nSPS) is 14.7. The van der Waals surface area contributed by atoms with Gasteiger partial charge >= 0.3 is 0 Å². The fourth-order valence-corrected chi connectivity index (χ4v) is 3.89. The summed E-state index contributed by atoms with van der Waals surface area (Å²) in [5, 5.41) is 6.92. The first kappa shape index (κ1) is 25.2. The number of aliphatic imine (C=N–C) groups is 1. The van der Waals surface area contributed by atoms with Crippen molar-refractivity contribution in [2.24, 2.45) is 4.99 Å². The number of benzene rings is 1. The fourth-order valence-electron chi connectivity index (χ4n) is 3.89. The molecule has 7 heteroatoms. The van der Waals surface area contributed by atoms with Gasteiger partial charge in [0.2, 0.25) is 0 Å². The van der Waals surface area contributed by atoms with Gasteiger partial charge in [-0.05, 0) is 62.9 Å². The monoisotopic (exact) mass is 536 g/mol. The van der Waals surface area contributed by atoms with E-state index in [9.17, 15) is 0 Å². The first-order valence-corrected chi connectivity index (χ1v) is 11.2. The molecule has 2 aromatic rings. The predicted molar refractivity (Wildman–Crippen MR) is 143 cm³/mol. The second-order valence-corrected chi connectivity index (χ2v) is 7.78. The van der Waals surface area contributed by atoms with Crippen molar-refractivity contribution in [1.82, 2.24) is 15.6 Å². The van der Waals surface area contributed by atoms with Gasteiger partial charge in [0.15, 0.2) is 5.96 Å². The highest BCUT2D eigenvalue weighted by atomic mass is 127. The van der Waals surface area contributed by atoms with Gasteiger partial charge in [-0.15, -0.1) is 24.0 Å². The molecule has 1 aliphatic heterocycles. The second-order valence-electron chi connectivity index (χ2n) is 7.78. The minimum absolute atomic E-state index is 0. The van der Waals surface area contributed by atoms with Gasteiger partial charge in [-0.3, -0.25) is 4.99 Å². The molecule has 1 saturated heterocycles. The molecule has 1 aliphatic rings. The van der Waals surface area contributed by atoms with Gasteiger partial charge in [0, 0.05) is 51.7 Å².